The van der Waals surface area contributed by atoms with E-state index in [-0.39, 0.29) is 43.0 Å². The van der Waals surface area contributed by atoms with E-state index >= 15 is 0 Å². The summed E-state index contributed by atoms with van der Waals surface area (Å²) in [6.07, 6.45) is 2.39. The van der Waals surface area contributed by atoms with Gasteiger partial charge in [0.15, 0.2) is 0 Å². The molecule has 0 aliphatic heterocycles. The summed E-state index contributed by atoms with van der Waals surface area (Å²) >= 11 is 0. The molecule has 162 valence electrons. The number of hydrogen-bond donors (Lipinski definition) is 0. The van der Waals surface area contributed by atoms with Gasteiger partial charge in [0.05, 0.1) is 0 Å². The summed E-state index contributed by atoms with van der Waals surface area (Å²) in [6.45, 7) is 4.71. The number of nitrogens with one attached hydrogen (secondary N) is 4. The largest absolute Gasteiger partial charge is 3.00 e. The molecule has 0 atom stereocenters. The maximum atomic E-state index is 9.71. The van der Waals surface area contributed by atoms with Crippen LogP contribution in [-0.4, -0.2) is 53.0 Å². The van der Waals surface area contributed by atoms with Crippen LogP contribution in [0.15, 0.2) is 0 Å². The predicted octanol–water partition coefficient (Wildman–Crippen LogP) is -2.14. The number of carbonyl (C=O) groups is 2. The van der Waals surface area contributed by atoms with E-state index in [9.17, 15) is 9.59 Å². The number of rotatable bonds is 6. The zero-order valence-electron chi connectivity index (χ0n) is 14.9. The molecule has 0 radical (unpaired) electrons. The van der Waals surface area contributed by atoms with Crippen molar-refractivity contribution in [1.82, 2.24) is 0 Å². The maximum Gasteiger partial charge on any atom is 3.00 e. The molecule has 0 saturated heterocycles. The van der Waals surface area contributed by atoms with Crippen LogP contribution in [-0.2, 0) is 26.4 Å². The Hall–Kier alpha value is -0.584. The van der Waals surface area contributed by atoms with Crippen molar-refractivity contribution in [2.75, 3.05) is 26.2 Å². The first-order valence-corrected chi connectivity index (χ1v) is 8.40. The Morgan fingerprint density at radius 2 is 0.923 bits per heavy atom. The Labute approximate surface area is 166 Å². The van der Waals surface area contributed by atoms with Crippen LogP contribution in [0.4, 0.5) is 0 Å². The molecule has 0 unspecified atom stereocenters. The van der Waals surface area contributed by atoms with Crippen molar-refractivity contribution in [1.29, 1.82) is 0 Å². The van der Waals surface area contributed by atoms with Crippen molar-refractivity contribution in [3.8, 4) is 0 Å². The van der Waals surface area contributed by atoms with Gasteiger partial charge in [-0.1, -0.05) is 18.5 Å². The van der Waals surface area contributed by atoms with Crippen molar-refractivity contribution >= 4 is 11.9 Å². The summed E-state index contributed by atoms with van der Waals surface area (Å²) in [6, 6.07) is 0. The van der Waals surface area contributed by atoms with E-state index in [2.05, 4.69) is 0 Å². The first-order valence-electron chi connectivity index (χ1n) is 7.10. The van der Waals surface area contributed by atoms with E-state index in [1.165, 1.54) is 0 Å². The fourth-order valence-corrected chi connectivity index (χ4v) is 0.454. The van der Waals surface area contributed by atoms with Crippen LogP contribution in [0.3, 0.4) is 0 Å². The van der Waals surface area contributed by atoms with Crippen LogP contribution in [0.5, 0.6) is 0 Å². The topological polar surface area (TPSA) is 267 Å². The zero-order chi connectivity index (χ0) is 21.3. The molecule has 0 aromatic carbocycles. The monoisotopic (exact) mass is 454 g/mol. The minimum Gasteiger partial charge on any atom is -0.679 e. The standard InChI is InChI=1S/2C4H8O2.2C2H6N2.ClHO4.Co/c2*1-2-3-4(5)6;2*3-1-2-4;2-1(3,4)5;/h2*2-3H2,1H3,(H,5,6);2*3-4H,1-2H2;(H,2,3,4,5);/q;;2*-2;;+3/p+1. The third kappa shape index (κ3) is 214. The van der Waals surface area contributed by atoms with Crippen LogP contribution < -0.4 is 14.0 Å². The summed E-state index contributed by atoms with van der Waals surface area (Å²) < 4.78 is 31.5. The van der Waals surface area contributed by atoms with E-state index in [0.717, 1.165) is 12.8 Å². The minimum absolute atomic E-state index is 0. The van der Waals surface area contributed by atoms with E-state index < -0.39 is 22.2 Å². The van der Waals surface area contributed by atoms with Crippen molar-refractivity contribution in [3.05, 3.63) is 22.9 Å². The molecule has 0 bridgehead atoms. The van der Waals surface area contributed by atoms with Crippen LogP contribution >= 0.6 is 0 Å². The van der Waals surface area contributed by atoms with Gasteiger partial charge >= 0.3 is 28.7 Å². The second-order valence-electron chi connectivity index (χ2n) is 3.77. The van der Waals surface area contributed by atoms with Crippen LogP contribution in [0.1, 0.15) is 39.5 Å². The number of carbonyl (C=O) groups excluding carboxylic acids is 2. The average Bonchev–Trinajstić information content (AvgIpc) is 2.46. The fourth-order valence-electron chi connectivity index (χ4n) is 0.454. The van der Waals surface area contributed by atoms with Crippen LogP contribution in [0.25, 0.3) is 22.9 Å². The maximum absolute atomic E-state index is 9.71. The van der Waals surface area contributed by atoms with Crippen LogP contribution in [0, 0.1) is 10.2 Å². The molecule has 12 nitrogen and oxygen atoms in total. The van der Waals surface area contributed by atoms with Gasteiger partial charge in [-0.3, -0.25) is 0 Å². The molecule has 0 heterocycles. The smallest absolute Gasteiger partial charge is 0.679 e. The molecule has 0 fully saturated rings. The first-order chi connectivity index (χ1) is 11.4. The molecule has 0 amide bonds. The summed E-state index contributed by atoms with van der Waals surface area (Å²) in [4.78, 5) is 19.4. The van der Waals surface area contributed by atoms with E-state index in [1.807, 2.05) is 13.8 Å². The summed E-state index contributed by atoms with van der Waals surface area (Å²) in [7, 11) is -4.44. The Kier molecular flexibility index (Phi) is 54.9. The van der Waals surface area contributed by atoms with Gasteiger partial charge in [-0.25, -0.2) is 0 Å². The van der Waals surface area contributed by atoms with Crippen LogP contribution in [0.2, 0.25) is 0 Å². The quantitative estimate of drug-likeness (QED) is 0.405. The van der Waals surface area contributed by atoms with Gasteiger partial charge in [-0.15, -0.1) is 14.0 Å². The SMILES string of the molecule is CCCC(=O)[OH2+].CCCC(=O)[OH2+].[Co+3].[NH-]CC[NH-].[NH-]CC[NH-].[O-][Cl+3]([O-])([O-])[OH2+]. The summed E-state index contributed by atoms with van der Waals surface area (Å²) in [5.41, 5.74) is 25.1. The van der Waals surface area contributed by atoms with Gasteiger partial charge in [0.25, 0.3) is 0 Å². The van der Waals surface area contributed by atoms with Gasteiger partial charge in [-0.2, -0.15) is 26.2 Å². The fraction of sp³-hybridized carbons (Fsp3) is 0.833. The van der Waals surface area contributed by atoms with Gasteiger partial charge in [0.1, 0.15) is 23.1 Å². The number of halogens is 1. The van der Waals surface area contributed by atoms with E-state index in [1.54, 1.807) is 0 Å². The van der Waals surface area contributed by atoms with Gasteiger partial charge in [0.2, 0.25) is 0 Å². The molecule has 0 aliphatic carbocycles. The molecule has 0 aromatic heterocycles. The van der Waals surface area contributed by atoms with Crippen molar-refractivity contribution in [2.24, 2.45) is 0 Å². The molecular weight excluding hydrogens is 423 g/mol. The molecular formula is C12H32ClCoN4O8+2. The first kappa shape index (κ1) is 40.2. The van der Waals surface area contributed by atoms with Gasteiger partial charge < -0.3 is 33.1 Å². The molecule has 0 aromatic rings. The molecule has 0 rings (SSSR count). The molecule has 14 heteroatoms. The van der Waals surface area contributed by atoms with Crippen molar-refractivity contribution in [3.63, 3.8) is 0 Å². The van der Waals surface area contributed by atoms with Gasteiger partial charge in [-0.05, 0) is 12.8 Å². The number of hydrogen-bond acceptors (Lipinski definition) is 5. The Morgan fingerprint density at radius 1 is 0.769 bits per heavy atom. The van der Waals surface area contributed by atoms with Crippen molar-refractivity contribution in [2.45, 2.75) is 39.5 Å². The predicted molar refractivity (Wildman–Crippen MR) is 87.4 cm³/mol. The third-order valence-corrected chi connectivity index (χ3v) is 1.20. The zero-order valence-corrected chi connectivity index (χ0v) is 16.7. The summed E-state index contributed by atoms with van der Waals surface area (Å²) in [5, 5.41) is 12.7. The summed E-state index contributed by atoms with van der Waals surface area (Å²) in [5.74, 6) is -0.921. The van der Waals surface area contributed by atoms with Gasteiger partial charge in [0, 0.05) is 9.59 Å². The molecule has 10 N–H and O–H groups in total. The Morgan fingerprint density at radius 3 is 0.923 bits per heavy atom. The molecule has 26 heavy (non-hydrogen) atoms. The third-order valence-electron chi connectivity index (χ3n) is 1.20. The minimum atomic E-state index is -4.44. The molecule has 0 aliphatic rings. The van der Waals surface area contributed by atoms with E-state index in [0.29, 0.717) is 12.8 Å². The Balaban J connectivity index is -0.0000000482. The van der Waals surface area contributed by atoms with Crippen molar-refractivity contribution < 1.29 is 65.5 Å². The molecule has 0 spiro atoms. The second-order valence-corrected chi connectivity index (χ2v) is 4.61. The molecule has 0 saturated carbocycles. The average molecular weight is 455 g/mol. The van der Waals surface area contributed by atoms with E-state index in [4.69, 9.17) is 51.8 Å². The Bertz CT molecular complexity index is 244. The second kappa shape index (κ2) is 35.5. The normalized spacial score (nSPS) is 8.38.